The zero-order chi connectivity index (χ0) is 10.1. The first-order valence-electron chi connectivity index (χ1n) is 5.25. The maximum atomic E-state index is 3.96. The van der Waals surface area contributed by atoms with Crippen LogP contribution in [0.2, 0.25) is 0 Å². The Kier molecular flexibility index (Phi) is 7.80. The topological polar surface area (TPSA) is 24.1 Å². The van der Waals surface area contributed by atoms with E-state index in [0.29, 0.717) is 5.92 Å². The van der Waals surface area contributed by atoms with Crippen LogP contribution in [0.3, 0.4) is 0 Å². The van der Waals surface area contributed by atoms with Gasteiger partial charge in [-0.15, -0.1) is 0 Å². The molecular weight excluding hydrogens is 160 g/mol. The molecule has 0 aromatic rings. The molecule has 0 aliphatic heterocycles. The Balaban J connectivity index is 3.12. The lowest BCUT2D eigenvalue weighted by Crippen LogP contribution is -2.18. The van der Waals surface area contributed by atoms with Gasteiger partial charge in [-0.1, -0.05) is 26.8 Å². The Hall–Kier alpha value is -0.500. The van der Waals surface area contributed by atoms with Crippen molar-refractivity contribution in [1.82, 2.24) is 10.6 Å². The lowest BCUT2D eigenvalue weighted by Gasteiger charge is -2.12. The van der Waals surface area contributed by atoms with E-state index in [4.69, 9.17) is 0 Å². The van der Waals surface area contributed by atoms with Crippen molar-refractivity contribution in [2.24, 2.45) is 5.92 Å². The third kappa shape index (κ3) is 7.85. The molecule has 0 radical (unpaired) electrons. The molecule has 0 bridgehead atoms. The van der Waals surface area contributed by atoms with Gasteiger partial charge in [-0.3, -0.25) is 0 Å². The van der Waals surface area contributed by atoms with Crippen molar-refractivity contribution in [2.45, 2.75) is 33.1 Å². The van der Waals surface area contributed by atoms with Crippen LogP contribution in [0, 0.1) is 5.92 Å². The maximum absolute atomic E-state index is 3.96. The van der Waals surface area contributed by atoms with Gasteiger partial charge in [0.05, 0.1) is 0 Å². The minimum atomic E-state index is 0.553. The summed E-state index contributed by atoms with van der Waals surface area (Å²) in [6.07, 6.45) is 3.80. The molecule has 2 nitrogen and oxygen atoms in total. The van der Waals surface area contributed by atoms with Crippen molar-refractivity contribution in [1.29, 1.82) is 0 Å². The van der Waals surface area contributed by atoms with Gasteiger partial charge in [0.2, 0.25) is 0 Å². The van der Waals surface area contributed by atoms with Gasteiger partial charge in [-0.25, -0.2) is 0 Å². The molecule has 0 heterocycles. The summed E-state index contributed by atoms with van der Waals surface area (Å²) >= 11 is 0. The van der Waals surface area contributed by atoms with Crippen molar-refractivity contribution in [3.8, 4) is 0 Å². The summed E-state index contributed by atoms with van der Waals surface area (Å²) in [7, 11) is 2.00. The predicted octanol–water partition coefficient (Wildman–Crippen LogP) is 2.14. The van der Waals surface area contributed by atoms with E-state index >= 15 is 0 Å². The van der Waals surface area contributed by atoms with E-state index in [9.17, 15) is 0 Å². The van der Waals surface area contributed by atoms with Crippen molar-refractivity contribution >= 4 is 0 Å². The number of rotatable bonds is 8. The minimum absolute atomic E-state index is 0.553. The first-order chi connectivity index (χ1) is 6.18. The van der Waals surface area contributed by atoms with Crippen LogP contribution in [0.4, 0.5) is 0 Å². The molecule has 78 valence electrons. The average Bonchev–Trinajstić information content (AvgIpc) is 2.10. The Bertz CT molecular complexity index is 130. The van der Waals surface area contributed by atoms with Gasteiger partial charge in [0, 0.05) is 12.2 Å². The molecule has 0 amide bonds. The summed E-state index contributed by atoms with van der Waals surface area (Å²) in [4.78, 5) is 0. The fourth-order valence-electron chi connectivity index (χ4n) is 1.06. The summed E-state index contributed by atoms with van der Waals surface area (Å²) in [5.74, 6) is 0.553. The lowest BCUT2D eigenvalue weighted by molar-refractivity contribution is 0.591. The van der Waals surface area contributed by atoms with Crippen LogP contribution >= 0.6 is 0 Å². The zero-order valence-electron chi connectivity index (χ0n) is 9.32. The molecule has 2 N–H and O–H groups in total. The van der Waals surface area contributed by atoms with E-state index < -0.39 is 0 Å². The van der Waals surface area contributed by atoms with Gasteiger partial charge in [-0.2, -0.15) is 0 Å². The largest absolute Gasteiger partial charge is 0.389 e. The van der Waals surface area contributed by atoms with Crippen LogP contribution in [0.25, 0.3) is 0 Å². The molecule has 0 aliphatic rings. The molecule has 0 aromatic carbocycles. The van der Waals surface area contributed by atoms with Crippen molar-refractivity contribution in [3.63, 3.8) is 0 Å². The highest BCUT2D eigenvalue weighted by atomic mass is 14.9. The quantitative estimate of drug-likeness (QED) is 0.565. The van der Waals surface area contributed by atoms with Crippen LogP contribution < -0.4 is 10.6 Å². The Labute approximate surface area is 82.8 Å². The van der Waals surface area contributed by atoms with E-state index in [-0.39, 0.29) is 0 Å². The van der Waals surface area contributed by atoms with Crippen LogP contribution in [-0.2, 0) is 0 Å². The molecular formula is C11H24N2. The van der Waals surface area contributed by atoms with Crippen molar-refractivity contribution in [3.05, 3.63) is 12.3 Å². The SMILES string of the molecule is C=C(NCCCCCNC)C(C)C. The van der Waals surface area contributed by atoms with Crippen LogP contribution in [-0.4, -0.2) is 20.1 Å². The van der Waals surface area contributed by atoms with Crippen molar-refractivity contribution < 1.29 is 0 Å². The molecule has 2 heteroatoms. The zero-order valence-corrected chi connectivity index (χ0v) is 9.32. The summed E-state index contributed by atoms with van der Waals surface area (Å²) in [5, 5.41) is 6.49. The second-order valence-corrected chi connectivity index (χ2v) is 3.77. The van der Waals surface area contributed by atoms with E-state index in [1.54, 1.807) is 0 Å². The number of allylic oxidation sites excluding steroid dienone is 1. The van der Waals surface area contributed by atoms with Gasteiger partial charge < -0.3 is 10.6 Å². The second-order valence-electron chi connectivity index (χ2n) is 3.77. The monoisotopic (exact) mass is 184 g/mol. The van der Waals surface area contributed by atoms with Gasteiger partial charge in [0.15, 0.2) is 0 Å². The average molecular weight is 184 g/mol. The van der Waals surface area contributed by atoms with E-state index in [2.05, 4.69) is 31.1 Å². The Morgan fingerprint density at radius 3 is 2.31 bits per heavy atom. The first kappa shape index (κ1) is 12.5. The standard InChI is InChI=1S/C11H24N2/c1-10(2)11(3)13-9-7-5-6-8-12-4/h10,12-13H,3,5-9H2,1-2,4H3. The fraction of sp³-hybridized carbons (Fsp3) is 0.818. The molecule has 0 atom stereocenters. The number of hydrogen-bond donors (Lipinski definition) is 2. The molecule has 0 spiro atoms. The first-order valence-corrected chi connectivity index (χ1v) is 5.25. The normalized spacial score (nSPS) is 10.5. The Morgan fingerprint density at radius 1 is 1.15 bits per heavy atom. The van der Waals surface area contributed by atoms with Gasteiger partial charge in [-0.05, 0) is 32.4 Å². The molecule has 0 saturated heterocycles. The van der Waals surface area contributed by atoms with E-state index in [1.165, 1.54) is 19.3 Å². The smallest absolute Gasteiger partial charge is 0.0143 e. The lowest BCUT2D eigenvalue weighted by atomic mass is 10.1. The highest BCUT2D eigenvalue weighted by Crippen LogP contribution is 2.02. The highest BCUT2D eigenvalue weighted by Gasteiger charge is 1.97. The molecule has 0 saturated carbocycles. The molecule has 0 aromatic heterocycles. The minimum Gasteiger partial charge on any atom is -0.389 e. The molecule has 0 fully saturated rings. The van der Waals surface area contributed by atoms with E-state index in [1.807, 2.05) is 7.05 Å². The summed E-state index contributed by atoms with van der Waals surface area (Å²) in [5.41, 5.74) is 1.16. The highest BCUT2D eigenvalue weighted by molar-refractivity contribution is 4.93. The second kappa shape index (κ2) is 8.11. The van der Waals surface area contributed by atoms with Gasteiger partial charge in [0.25, 0.3) is 0 Å². The molecule has 13 heavy (non-hydrogen) atoms. The van der Waals surface area contributed by atoms with Crippen LogP contribution in [0.5, 0.6) is 0 Å². The molecule has 0 aliphatic carbocycles. The molecule has 0 rings (SSSR count). The molecule has 0 unspecified atom stereocenters. The number of hydrogen-bond acceptors (Lipinski definition) is 2. The van der Waals surface area contributed by atoms with Gasteiger partial charge in [0.1, 0.15) is 0 Å². The third-order valence-corrected chi connectivity index (χ3v) is 2.15. The fourth-order valence-corrected chi connectivity index (χ4v) is 1.06. The summed E-state index contributed by atoms with van der Waals surface area (Å²) < 4.78 is 0. The van der Waals surface area contributed by atoms with Gasteiger partial charge >= 0.3 is 0 Å². The Morgan fingerprint density at radius 2 is 1.77 bits per heavy atom. The van der Waals surface area contributed by atoms with Crippen molar-refractivity contribution in [2.75, 3.05) is 20.1 Å². The maximum Gasteiger partial charge on any atom is 0.0143 e. The number of nitrogens with one attached hydrogen (secondary N) is 2. The van der Waals surface area contributed by atoms with E-state index in [0.717, 1.165) is 18.8 Å². The number of unbranched alkanes of at least 4 members (excludes halogenated alkanes) is 2. The van der Waals surface area contributed by atoms with Crippen LogP contribution in [0.15, 0.2) is 12.3 Å². The van der Waals surface area contributed by atoms with Crippen LogP contribution in [0.1, 0.15) is 33.1 Å². The third-order valence-electron chi connectivity index (χ3n) is 2.15. The predicted molar refractivity (Wildman–Crippen MR) is 59.8 cm³/mol. The summed E-state index contributed by atoms with van der Waals surface area (Å²) in [6, 6.07) is 0. The summed E-state index contributed by atoms with van der Waals surface area (Å²) in [6.45, 7) is 10.5.